The number of thiazole rings is 1. The highest BCUT2D eigenvalue weighted by molar-refractivity contribution is 7.15. The Morgan fingerprint density at radius 2 is 1.66 bits per heavy atom. The van der Waals surface area contributed by atoms with Crippen LogP contribution in [0.25, 0.3) is 11.0 Å². The number of carbonyl (C=O) groups is 1. The first kappa shape index (κ1) is 21.3. The fourth-order valence-electron chi connectivity index (χ4n) is 4.36. The molecule has 1 aliphatic rings. The average Bonchev–Trinajstić information content (AvgIpc) is 3.36. The number of anilines is 1. The second kappa shape index (κ2) is 8.21. The summed E-state index contributed by atoms with van der Waals surface area (Å²) in [4.78, 5) is 34.6. The van der Waals surface area contributed by atoms with Crippen LogP contribution in [0.5, 0.6) is 11.5 Å². The normalized spacial score (nSPS) is 15.0. The van der Waals surface area contributed by atoms with Gasteiger partial charge in [0.15, 0.2) is 10.6 Å². The van der Waals surface area contributed by atoms with Crippen molar-refractivity contribution in [2.75, 3.05) is 4.90 Å². The molecule has 3 heterocycles. The number of rotatable bonds is 4. The van der Waals surface area contributed by atoms with Gasteiger partial charge in [-0.05, 0) is 55.8 Å². The Balaban J connectivity index is 1.55. The summed E-state index contributed by atoms with van der Waals surface area (Å²) in [7, 11) is 0. The Hall–Kier alpha value is -4.23. The zero-order chi connectivity index (χ0) is 24.1. The molecule has 2 aromatic heterocycles. The van der Waals surface area contributed by atoms with Crippen LogP contribution in [-0.2, 0) is 0 Å². The van der Waals surface area contributed by atoms with Crippen LogP contribution in [-0.4, -0.2) is 10.9 Å². The Labute approximate surface area is 205 Å². The van der Waals surface area contributed by atoms with Gasteiger partial charge >= 0.3 is 0 Å². The van der Waals surface area contributed by atoms with Crippen LogP contribution in [0.4, 0.5) is 5.13 Å². The van der Waals surface area contributed by atoms with Crippen molar-refractivity contribution in [3.05, 3.63) is 117 Å². The molecule has 6 rings (SSSR count). The van der Waals surface area contributed by atoms with Gasteiger partial charge in [-0.3, -0.25) is 14.5 Å². The monoisotopic (exact) mass is 480 g/mol. The van der Waals surface area contributed by atoms with Gasteiger partial charge in [-0.15, -0.1) is 11.3 Å². The molecule has 1 amide bonds. The molecule has 1 aliphatic heterocycles. The van der Waals surface area contributed by atoms with Crippen molar-refractivity contribution in [1.82, 2.24) is 4.98 Å². The minimum atomic E-state index is -0.692. The predicted octanol–water partition coefficient (Wildman–Crippen LogP) is 6.41. The number of carbonyl (C=O) groups excluding carboxylic acids is 1. The maximum Gasteiger partial charge on any atom is 0.297 e. The summed E-state index contributed by atoms with van der Waals surface area (Å²) in [6.07, 6.45) is 0. The third-order valence-electron chi connectivity index (χ3n) is 6.15. The van der Waals surface area contributed by atoms with E-state index in [0.29, 0.717) is 33.2 Å². The standard InChI is InChI=1S/C28H20N2O4S/c1-16-17(2)35-28(29-16)30-24(18-9-8-12-20(15-18)33-19-10-4-3-5-11-19)23-25(31)21-13-6-7-14-22(21)34-26(23)27(30)32/h3-15,24H,1-2H3/t24-/m1/s1. The largest absolute Gasteiger partial charge is 0.457 e. The maximum atomic E-state index is 13.7. The highest BCUT2D eigenvalue weighted by atomic mass is 32.1. The molecule has 1 atom stereocenters. The minimum absolute atomic E-state index is 0.0542. The fourth-order valence-corrected chi connectivity index (χ4v) is 5.30. The number of nitrogens with zero attached hydrogens (tertiary/aromatic N) is 2. The van der Waals surface area contributed by atoms with E-state index in [2.05, 4.69) is 4.98 Å². The molecule has 0 aliphatic carbocycles. The zero-order valence-corrected chi connectivity index (χ0v) is 19.8. The second-order valence-corrected chi connectivity index (χ2v) is 9.56. The summed E-state index contributed by atoms with van der Waals surface area (Å²) < 4.78 is 12.1. The summed E-state index contributed by atoms with van der Waals surface area (Å²) in [5.74, 6) is 0.974. The van der Waals surface area contributed by atoms with E-state index < -0.39 is 6.04 Å². The Morgan fingerprint density at radius 1 is 0.914 bits per heavy atom. The average molecular weight is 481 g/mol. The van der Waals surface area contributed by atoms with Crippen LogP contribution in [0.3, 0.4) is 0 Å². The van der Waals surface area contributed by atoms with Crippen LogP contribution in [0.1, 0.15) is 38.3 Å². The van der Waals surface area contributed by atoms with Gasteiger partial charge in [0.25, 0.3) is 5.91 Å². The number of aromatic nitrogens is 1. The van der Waals surface area contributed by atoms with Crippen molar-refractivity contribution in [2.45, 2.75) is 19.9 Å². The second-order valence-electron chi connectivity index (χ2n) is 8.37. The van der Waals surface area contributed by atoms with Gasteiger partial charge < -0.3 is 9.15 Å². The number of fused-ring (bicyclic) bond motifs is 2. The number of ether oxygens (including phenoxy) is 1. The van der Waals surface area contributed by atoms with E-state index in [9.17, 15) is 9.59 Å². The maximum absolute atomic E-state index is 13.7. The molecule has 5 aromatic rings. The molecule has 0 unspecified atom stereocenters. The summed E-state index contributed by atoms with van der Waals surface area (Å²) in [5, 5.41) is 0.966. The van der Waals surface area contributed by atoms with E-state index in [1.807, 2.05) is 68.4 Å². The van der Waals surface area contributed by atoms with Gasteiger partial charge in [0, 0.05) is 4.88 Å². The van der Waals surface area contributed by atoms with Crippen molar-refractivity contribution in [3.8, 4) is 11.5 Å². The van der Waals surface area contributed by atoms with Gasteiger partial charge in [-0.1, -0.05) is 42.5 Å². The summed E-state index contributed by atoms with van der Waals surface area (Å²) in [6, 6.07) is 23.2. The van der Waals surface area contributed by atoms with Gasteiger partial charge in [-0.25, -0.2) is 4.98 Å². The Bertz CT molecular complexity index is 1640. The van der Waals surface area contributed by atoms with Crippen molar-refractivity contribution in [2.24, 2.45) is 0 Å². The lowest BCUT2D eigenvalue weighted by Crippen LogP contribution is -2.29. The van der Waals surface area contributed by atoms with Crippen molar-refractivity contribution < 1.29 is 13.9 Å². The third-order valence-corrected chi connectivity index (χ3v) is 7.23. The highest BCUT2D eigenvalue weighted by Gasteiger charge is 2.45. The van der Waals surface area contributed by atoms with E-state index in [4.69, 9.17) is 9.15 Å². The lowest BCUT2D eigenvalue weighted by molar-refractivity contribution is 0.0971. The van der Waals surface area contributed by atoms with Crippen LogP contribution >= 0.6 is 11.3 Å². The number of hydrogen-bond acceptors (Lipinski definition) is 6. The summed E-state index contributed by atoms with van der Waals surface area (Å²) >= 11 is 1.42. The number of aryl methyl sites for hydroxylation is 2. The molecule has 0 spiro atoms. The molecule has 0 N–H and O–H groups in total. The first-order valence-electron chi connectivity index (χ1n) is 11.2. The molecule has 3 aromatic carbocycles. The van der Waals surface area contributed by atoms with E-state index in [1.54, 1.807) is 29.2 Å². The first-order chi connectivity index (χ1) is 17.0. The molecule has 35 heavy (non-hydrogen) atoms. The molecular weight excluding hydrogens is 460 g/mol. The molecule has 172 valence electrons. The van der Waals surface area contributed by atoms with Gasteiger partial charge in [-0.2, -0.15) is 0 Å². The van der Waals surface area contributed by atoms with Crippen LogP contribution in [0.15, 0.2) is 88.1 Å². The van der Waals surface area contributed by atoms with E-state index in [-0.39, 0.29) is 17.1 Å². The molecule has 6 nitrogen and oxygen atoms in total. The van der Waals surface area contributed by atoms with Crippen molar-refractivity contribution in [3.63, 3.8) is 0 Å². The smallest absolute Gasteiger partial charge is 0.297 e. The number of benzene rings is 3. The zero-order valence-electron chi connectivity index (χ0n) is 19.0. The van der Waals surface area contributed by atoms with Crippen molar-refractivity contribution in [1.29, 1.82) is 0 Å². The van der Waals surface area contributed by atoms with Gasteiger partial charge in [0.1, 0.15) is 17.1 Å². The number of amides is 1. The third kappa shape index (κ3) is 3.52. The number of para-hydroxylation sites is 2. The first-order valence-corrected chi connectivity index (χ1v) is 12.0. The molecule has 0 saturated carbocycles. The molecule has 0 saturated heterocycles. The van der Waals surface area contributed by atoms with Crippen LogP contribution < -0.4 is 15.1 Å². The van der Waals surface area contributed by atoms with E-state index in [0.717, 1.165) is 16.1 Å². The minimum Gasteiger partial charge on any atom is -0.457 e. The van der Waals surface area contributed by atoms with Gasteiger partial charge in [0.05, 0.1) is 22.7 Å². The topological polar surface area (TPSA) is 72.6 Å². The molecule has 0 bridgehead atoms. The fraction of sp³-hybridized carbons (Fsp3) is 0.107. The quantitative estimate of drug-likeness (QED) is 0.297. The van der Waals surface area contributed by atoms with Gasteiger partial charge in [0.2, 0.25) is 5.76 Å². The SMILES string of the molecule is Cc1nc(N2C(=O)c3oc4ccccc4c(=O)c3[C@H]2c2cccc(Oc3ccccc3)c2)sc1C. The molecular formula is C28H20N2O4S. The lowest BCUT2D eigenvalue weighted by atomic mass is 9.98. The predicted molar refractivity (Wildman–Crippen MR) is 136 cm³/mol. The lowest BCUT2D eigenvalue weighted by Gasteiger charge is -2.23. The van der Waals surface area contributed by atoms with E-state index >= 15 is 0 Å². The molecule has 0 radical (unpaired) electrons. The van der Waals surface area contributed by atoms with Crippen molar-refractivity contribution >= 4 is 33.3 Å². The molecule has 0 fully saturated rings. The van der Waals surface area contributed by atoms with Crippen LogP contribution in [0, 0.1) is 13.8 Å². The number of hydrogen-bond donors (Lipinski definition) is 0. The summed E-state index contributed by atoms with van der Waals surface area (Å²) in [5.41, 5.74) is 2.06. The Morgan fingerprint density at radius 3 is 2.43 bits per heavy atom. The highest BCUT2D eigenvalue weighted by Crippen LogP contribution is 2.43. The molecule has 7 heteroatoms. The Kier molecular flexibility index (Phi) is 5.00. The summed E-state index contributed by atoms with van der Waals surface area (Å²) in [6.45, 7) is 3.87. The van der Waals surface area contributed by atoms with Crippen LogP contribution in [0.2, 0.25) is 0 Å². The van der Waals surface area contributed by atoms with E-state index in [1.165, 1.54) is 11.3 Å².